The van der Waals surface area contributed by atoms with Gasteiger partial charge >= 0.3 is 0 Å². The Morgan fingerprint density at radius 3 is 2.70 bits per heavy atom. The second-order valence-corrected chi connectivity index (χ2v) is 6.13. The average molecular weight is 364 g/mol. The summed E-state index contributed by atoms with van der Waals surface area (Å²) in [6.45, 7) is 0. The zero-order valence-corrected chi connectivity index (χ0v) is 14.8. The zero-order valence-electron chi connectivity index (χ0n) is 14.8. The molecule has 0 bridgehead atoms. The van der Waals surface area contributed by atoms with E-state index in [1.807, 2.05) is 29.8 Å². The number of rotatable bonds is 4. The molecule has 0 atom stereocenters. The summed E-state index contributed by atoms with van der Waals surface area (Å²) in [5, 5.41) is 10.5. The van der Waals surface area contributed by atoms with E-state index in [-0.39, 0.29) is 11.7 Å². The van der Waals surface area contributed by atoms with Gasteiger partial charge in [0.15, 0.2) is 0 Å². The average Bonchev–Trinajstić information content (AvgIpc) is 3.26. The molecule has 4 rings (SSSR count). The maximum absolute atomic E-state index is 13.2. The lowest BCUT2D eigenvalue weighted by atomic mass is 10.1. The molecule has 0 fully saturated rings. The number of aromatic amines is 1. The number of methoxy groups -OCH3 is 1. The Kier molecular flexibility index (Phi) is 4.12. The van der Waals surface area contributed by atoms with E-state index in [4.69, 9.17) is 4.74 Å². The third-order valence-corrected chi connectivity index (χ3v) is 4.52. The predicted octanol–water partition coefficient (Wildman–Crippen LogP) is 3.97. The molecule has 27 heavy (non-hydrogen) atoms. The van der Waals surface area contributed by atoms with Gasteiger partial charge < -0.3 is 14.6 Å². The monoisotopic (exact) mass is 364 g/mol. The largest absolute Gasteiger partial charge is 0.497 e. The molecule has 0 aliphatic carbocycles. The van der Waals surface area contributed by atoms with Crippen LogP contribution < -0.4 is 10.1 Å². The number of aryl methyl sites for hydroxylation is 1. The molecular weight excluding hydrogens is 347 g/mol. The number of ether oxygens (including phenoxy) is 1. The van der Waals surface area contributed by atoms with Crippen molar-refractivity contribution in [2.24, 2.45) is 7.05 Å². The van der Waals surface area contributed by atoms with Gasteiger partial charge in [-0.15, -0.1) is 0 Å². The smallest absolute Gasteiger partial charge is 0.273 e. The SMILES string of the molecule is COc1ccc2c(c1)cc(C(=O)Nc1[nH]ncc1-c1ccc(F)cc1)n2C. The van der Waals surface area contributed by atoms with Gasteiger partial charge in [-0.05, 0) is 42.0 Å². The van der Waals surface area contributed by atoms with Crippen LogP contribution in [0.25, 0.3) is 22.0 Å². The van der Waals surface area contributed by atoms with E-state index < -0.39 is 0 Å². The highest BCUT2D eigenvalue weighted by Gasteiger charge is 2.17. The van der Waals surface area contributed by atoms with Crippen molar-refractivity contribution in [2.45, 2.75) is 0 Å². The first kappa shape index (κ1) is 16.8. The first-order valence-electron chi connectivity index (χ1n) is 8.31. The summed E-state index contributed by atoms with van der Waals surface area (Å²) in [6.07, 6.45) is 1.59. The van der Waals surface area contributed by atoms with Gasteiger partial charge in [0.05, 0.1) is 13.3 Å². The third kappa shape index (κ3) is 3.03. The van der Waals surface area contributed by atoms with Gasteiger partial charge in [0, 0.05) is 23.5 Å². The Morgan fingerprint density at radius 2 is 1.96 bits per heavy atom. The molecule has 1 amide bonds. The second-order valence-electron chi connectivity index (χ2n) is 6.13. The van der Waals surface area contributed by atoms with Crippen LogP contribution >= 0.6 is 0 Å². The van der Waals surface area contributed by atoms with E-state index >= 15 is 0 Å². The fraction of sp³-hybridized carbons (Fsp3) is 0.100. The fourth-order valence-electron chi connectivity index (χ4n) is 3.08. The number of halogens is 1. The minimum atomic E-state index is -0.321. The maximum atomic E-state index is 13.2. The van der Waals surface area contributed by atoms with Crippen molar-refractivity contribution in [1.29, 1.82) is 0 Å². The number of aromatic nitrogens is 3. The van der Waals surface area contributed by atoms with E-state index in [0.29, 0.717) is 17.1 Å². The topological polar surface area (TPSA) is 71.9 Å². The molecule has 0 saturated heterocycles. The van der Waals surface area contributed by atoms with Crippen molar-refractivity contribution in [3.8, 4) is 16.9 Å². The van der Waals surface area contributed by atoms with Crippen LogP contribution in [0.1, 0.15) is 10.5 Å². The first-order chi connectivity index (χ1) is 13.1. The Balaban J connectivity index is 1.66. The number of carbonyl (C=O) groups is 1. The Labute approximate surface area is 154 Å². The highest BCUT2D eigenvalue weighted by Crippen LogP contribution is 2.28. The quantitative estimate of drug-likeness (QED) is 0.576. The summed E-state index contributed by atoms with van der Waals surface area (Å²) in [6, 6.07) is 13.5. The molecule has 6 nitrogen and oxygen atoms in total. The number of hydrogen-bond acceptors (Lipinski definition) is 3. The predicted molar refractivity (Wildman–Crippen MR) is 101 cm³/mol. The van der Waals surface area contributed by atoms with Crippen LogP contribution in [0.2, 0.25) is 0 Å². The third-order valence-electron chi connectivity index (χ3n) is 4.52. The van der Waals surface area contributed by atoms with Gasteiger partial charge in [-0.3, -0.25) is 9.89 Å². The van der Waals surface area contributed by atoms with E-state index in [0.717, 1.165) is 22.2 Å². The standard InChI is InChI=1S/C20H17FN4O2/c1-25-17-8-7-15(27-2)9-13(17)10-18(25)20(26)23-19-16(11-22-24-19)12-3-5-14(21)6-4-12/h3-11H,1-2H3,(H2,22,23,24,26). The Bertz CT molecular complexity index is 1130. The van der Waals surface area contributed by atoms with E-state index in [1.165, 1.54) is 12.1 Å². The molecular formula is C20H17FN4O2. The fourth-order valence-corrected chi connectivity index (χ4v) is 3.08. The Hall–Kier alpha value is -3.61. The molecule has 0 spiro atoms. The summed E-state index contributed by atoms with van der Waals surface area (Å²) in [5.41, 5.74) is 2.85. The number of carbonyl (C=O) groups excluding carboxylic acids is 1. The number of anilines is 1. The lowest BCUT2D eigenvalue weighted by Crippen LogP contribution is -2.16. The van der Waals surface area contributed by atoms with Gasteiger partial charge in [-0.25, -0.2) is 4.39 Å². The molecule has 2 aromatic heterocycles. The number of H-pyrrole nitrogens is 1. The molecule has 2 aromatic carbocycles. The van der Waals surface area contributed by atoms with Crippen LogP contribution in [0.15, 0.2) is 54.7 Å². The molecule has 0 aliphatic heterocycles. The number of nitrogens with zero attached hydrogens (tertiary/aromatic N) is 2. The molecule has 136 valence electrons. The number of fused-ring (bicyclic) bond motifs is 1. The molecule has 7 heteroatoms. The van der Waals surface area contributed by atoms with Crippen molar-refractivity contribution in [2.75, 3.05) is 12.4 Å². The van der Waals surface area contributed by atoms with Gasteiger partial charge in [-0.2, -0.15) is 5.10 Å². The van der Waals surface area contributed by atoms with Gasteiger partial charge in [0.1, 0.15) is 23.1 Å². The molecule has 2 heterocycles. The number of nitrogens with one attached hydrogen (secondary N) is 2. The normalized spacial score (nSPS) is 10.9. The Morgan fingerprint density at radius 1 is 1.19 bits per heavy atom. The van der Waals surface area contributed by atoms with Crippen LogP contribution in [0.3, 0.4) is 0 Å². The van der Waals surface area contributed by atoms with Crippen molar-refractivity contribution >= 4 is 22.6 Å². The molecule has 2 N–H and O–H groups in total. The molecule has 0 aliphatic rings. The van der Waals surface area contributed by atoms with E-state index in [2.05, 4.69) is 15.5 Å². The maximum Gasteiger partial charge on any atom is 0.273 e. The molecule has 4 aromatic rings. The van der Waals surface area contributed by atoms with Crippen molar-refractivity contribution < 1.29 is 13.9 Å². The summed E-state index contributed by atoms with van der Waals surface area (Å²) in [7, 11) is 3.44. The second kappa shape index (κ2) is 6.60. The first-order valence-corrected chi connectivity index (χ1v) is 8.31. The van der Waals surface area contributed by atoms with Crippen LogP contribution in [0.4, 0.5) is 10.2 Å². The highest BCUT2D eigenvalue weighted by atomic mass is 19.1. The number of hydrogen-bond donors (Lipinski definition) is 2. The van der Waals surface area contributed by atoms with E-state index in [1.54, 1.807) is 31.5 Å². The molecule has 0 radical (unpaired) electrons. The van der Waals surface area contributed by atoms with Gasteiger partial charge in [-0.1, -0.05) is 12.1 Å². The number of benzene rings is 2. The summed E-state index contributed by atoms with van der Waals surface area (Å²) in [4.78, 5) is 12.8. The summed E-state index contributed by atoms with van der Waals surface area (Å²) in [5.74, 6) is 0.584. The van der Waals surface area contributed by atoms with Gasteiger partial charge in [0.2, 0.25) is 0 Å². The zero-order chi connectivity index (χ0) is 19.0. The van der Waals surface area contributed by atoms with Gasteiger partial charge in [0.25, 0.3) is 5.91 Å². The number of amides is 1. The summed E-state index contributed by atoms with van der Waals surface area (Å²) < 4.78 is 20.2. The van der Waals surface area contributed by atoms with Crippen molar-refractivity contribution in [3.05, 3.63) is 66.2 Å². The van der Waals surface area contributed by atoms with Crippen molar-refractivity contribution in [1.82, 2.24) is 14.8 Å². The van der Waals surface area contributed by atoms with E-state index in [9.17, 15) is 9.18 Å². The molecule has 0 saturated carbocycles. The minimum absolute atomic E-state index is 0.278. The van der Waals surface area contributed by atoms with Crippen LogP contribution in [0.5, 0.6) is 5.75 Å². The minimum Gasteiger partial charge on any atom is -0.497 e. The lowest BCUT2D eigenvalue weighted by molar-refractivity contribution is 0.101. The lowest BCUT2D eigenvalue weighted by Gasteiger charge is -2.07. The van der Waals surface area contributed by atoms with Crippen LogP contribution in [0, 0.1) is 5.82 Å². The highest BCUT2D eigenvalue weighted by molar-refractivity contribution is 6.07. The van der Waals surface area contributed by atoms with Crippen LogP contribution in [-0.4, -0.2) is 27.8 Å². The molecule has 0 unspecified atom stereocenters. The van der Waals surface area contributed by atoms with Crippen molar-refractivity contribution in [3.63, 3.8) is 0 Å². The summed E-state index contributed by atoms with van der Waals surface area (Å²) >= 11 is 0. The van der Waals surface area contributed by atoms with Crippen LogP contribution in [-0.2, 0) is 7.05 Å².